The van der Waals surface area contributed by atoms with E-state index in [9.17, 15) is 24.5 Å². The minimum Gasteiger partial charge on any atom is -0.497 e. The van der Waals surface area contributed by atoms with Crippen molar-refractivity contribution in [2.75, 3.05) is 19.1 Å². The summed E-state index contributed by atoms with van der Waals surface area (Å²) in [6.45, 7) is 0. The Morgan fingerprint density at radius 2 is 1.52 bits per heavy atom. The number of fused-ring (bicyclic) bond motifs is 5. The molecule has 3 atom stereocenters. The van der Waals surface area contributed by atoms with Gasteiger partial charge >= 0.3 is 0 Å². The van der Waals surface area contributed by atoms with Crippen molar-refractivity contribution in [1.82, 2.24) is 0 Å². The number of hydrogen-bond donors (Lipinski definition) is 0. The molecular weight excluding hydrogens is 560 g/mol. The van der Waals surface area contributed by atoms with Crippen molar-refractivity contribution in [1.29, 1.82) is 0 Å². The fourth-order valence-corrected chi connectivity index (χ4v) is 7.26. The number of para-hydroxylation sites is 1. The normalized spacial score (nSPS) is 20.7. The molecule has 1 spiro atoms. The van der Waals surface area contributed by atoms with Crippen LogP contribution in [0.5, 0.6) is 11.5 Å². The van der Waals surface area contributed by atoms with Gasteiger partial charge in [0.25, 0.3) is 5.69 Å². The first kappa shape index (κ1) is 27.3. The van der Waals surface area contributed by atoms with E-state index in [2.05, 4.69) is 0 Å². The molecule has 1 aliphatic carbocycles. The lowest BCUT2D eigenvalue weighted by Crippen LogP contribution is -2.48. The second-order valence-corrected chi connectivity index (χ2v) is 11.0. The molecule has 9 heteroatoms. The van der Waals surface area contributed by atoms with Gasteiger partial charge in [0.1, 0.15) is 23.0 Å². The van der Waals surface area contributed by atoms with Gasteiger partial charge in [-0.2, -0.15) is 0 Å². The molecule has 0 radical (unpaired) electrons. The molecule has 3 aliphatic rings. The Bertz CT molecular complexity index is 1880. The molecule has 0 saturated carbocycles. The molecule has 1 unspecified atom stereocenters. The number of non-ortho nitro benzene ring substituents is 1. The Kier molecular flexibility index (Phi) is 6.21. The summed E-state index contributed by atoms with van der Waals surface area (Å²) < 4.78 is 11.4. The van der Waals surface area contributed by atoms with Crippen LogP contribution in [-0.4, -0.2) is 48.6 Å². The number of benzene rings is 4. The highest BCUT2D eigenvalue weighted by Gasteiger charge is 2.72. The summed E-state index contributed by atoms with van der Waals surface area (Å²) in [5.41, 5.74) is 0.937. The number of carbonyl (C=O) groups is 3. The Morgan fingerprint density at radius 3 is 2.16 bits per heavy atom. The molecule has 2 heterocycles. The summed E-state index contributed by atoms with van der Waals surface area (Å²) in [6.07, 6.45) is 3.73. The highest BCUT2D eigenvalue weighted by molar-refractivity contribution is 6.32. The van der Waals surface area contributed by atoms with Crippen LogP contribution in [0.25, 0.3) is 6.08 Å². The topological polar surface area (TPSA) is 116 Å². The maximum atomic E-state index is 14.8. The van der Waals surface area contributed by atoms with Crippen LogP contribution >= 0.6 is 0 Å². The van der Waals surface area contributed by atoms with Gasteiger partial charge in [0, 0.05) is 46.0 Å². The zero-order valence-corrected chi connectivity index (χ0v) is 23.8. The van der Waals surface area contributed by atoms with Gasteiger partial charge in [-0.1, -0.05) is 54.6 Å². The van der Waals surface area contributed by atoms with Gasteiger partial charge in [-0.3, -0.25) is 24.5 Å². The quantitative estimate of drug-likeness (QED) is 0.118. The van der Waals surface area contributed by atoms with E-state index >= 15 is 0 Å². The van der Waals surface area contributed by atoms with Crippen LogP contribution in [0.3, 0.4) is 0 Å². The molecule has 218 valence electrons. The van der Waals surface area contributed by atoms with Gasteiger partial charge < -0.3 is 14.4 Å². The number of methoxy groups -OCH3 is 2. The van der Waals surface area contributed by atoms with Crippen molar-refractivity contribution in [3.05, 3.63) is 135 Å². The van der Waals surface area contributed by atoms with E-state index in [-0.39, 0.29) is 22.8 Å². The van der Waals surface area contributed by atoms with Gasteiger partial charge in [-0.05, 0) is 42.0 Å². The standard InChI is InChI=1S/C35H26N2O7/c1-43-23-16-17-28(44-2)26(19-23)30-31(32(38)21-11-14-22(15-12-21)37(41)42)36-27-10-6-3-7-20(27)13-18-29(36)35(30)33(39)24-8-4-5-9-25(24)34(35)40/h3-19,29-31H,1-2H3/t29?,30-,31+/m1/s1. The Balaban J connectivity index is 1.56. The van der Waals surface area contributed by atoms with Crippen molar-refractivity contribution >= 4 is 34.8 Å². The number of nitro groups is 1. The molecule has 2 aliphatic heterocycles. The molecule has 0 N–H and O–H groups in total. The number of carbonyl (C=O) groups excluding carboxylic acids is 3. The summed E-state index contributed by atoms with van der Waals surface area (Å²) in [5.74, 6) is -1.29. The van der Waals surface area contributed by atoms with Crippen LogP contribution in [0.1, 0.15) is 48.1 Å². The van der Waals surface area contributed by atoms with Crippen LogP contribution in [0, 0.1) is 15.5 Å². The third-order valence-electron chi connectivity index (χ3n) is 9.12. The van der Waals surface area contributed by atoms with Gasteiger partial charge in [-0.15, -0.1) is 0 Å². The van der Waals surface area contributed by atoms with Crippen molar-refractivity contribution < 1.29 is 28.8 Å². The van der Waals surface area contributed by atoms with E-state index in [0.717, 1.165) is 5.56 Å². The fraction of sp³-hybridized carbons (Fsp3) is 0.171. The van der Waals surface area contributed by atoms with E-state index in [1.165, 1.54) is 38.5 Å². The first-order valence-corrected chi connectivity index (χ1v) is 14.1. The number of nitro benzene ring substituents is 1. The van der Waals surface area contributed by atoms with Gasteiger partial charge in [0.2, 0.25) is 0 Å². The summed E-state index contributed by atoms with van der Waals surface area (Å²) >= 11 is 0. The minimum atomic E-state index is -1.73. The lowest BCUT2D eigenvalue weighted by Gasteiger charge is -2.37. The predicted octanol–water partition coefficient (Wildman–Crippen LogP) is 5.93. The number of hydrogen-bond acceptors (Lipinski definition) is 8. The molecular formula is C35H26N2O7. The Morgan fingerprint density at radius 1 is 0.864 bits per heavy atom. The second kappa shape index (κ2) is 10.0. The van der Waals surface area contributed by atoms with E-state index in [4.69, 9.17) is 9.47 Å². The Hall–Kier alpha value is -5.57. The van der Waals surface area contributed by atoms with Gasteiger partial charge in [-0.25, -0.2) is 0 Å². The highest BCUT2D eigenvalue weighted by Crippen LogP contribution is 2.62. The van der Waals surface area contributed by atoms with Gasteiger partial charge in [0.15, 0.2) is 17.3 Å². The zero-order chi connectivity index (χ0) is 30.7. The lowest BCUT2D eigenvalue weighted by molar-refractivity contribution is -0.384. The summed E-state index contributed by atoms with van der Waals surface area (Å²) in [4.78, 5) is 57.2. The highest BCUT2D eigenvalue weighted by atomic mass is 16.6. The monoisotopic (exact) mass is 586 g/mol. The molecule has 0 aromatic heterocycles. The maximum absolute atomic E-state index is 14.8. The number of anilines is 1. The fourth-order valence-electron chi connectivity index (χ4n) is 7.26. The summed E-state index contributed by atoms with van der Waals surface area (Å²) in [5, 5.41) is 11.4. The molecule has 7 rings (SSSR count). The van der Waals surface area contributed by atoms with Crippen LogP contribution in [0.2, 0.25) is 0 Å². The average molecular weight is 587 g/mol. The van der Waals surface area contributed by atoms with Crippen LogP contribution in [0.4, 0.5) is 11.4 Å². The molecule has 9 nitrogen and oxygen atoms in total. The van der Waals surface area contributed by atoms with Gasteiger partial charge in [0.05, 0.1) is 25.2 Å². The SMILES string of the molecule is COc1ccc(OC)c([C@@H]2[C@@H](C(=O)c3ccc([N+](=O)[O-])cc3)N3c4ccccc4C=CC3C23C(=O)c2ccccc2C3=O)c1. The molecule has 44 heavy (non-hydrogen) atoms. The van der Waals surface area contributed by atoms with Crippen molar-refractivity contribution in [2.45, 2.75) is 18.0 Å². The van der Waals surface area contributed by atoms with Crippen LogP contribution in [-0.2, 0) is 0 Å². The number of ether oxygens (including phenoxy) is 2. The van der Waals surface area contributed by atoms with Crippen LogP contribution < -0.4 is 14.4 Å². The lowest BCUT2D eigenvalue weighted by atomic mass is 9.64. The number of Topliss-reactive ketones (excluding diaryl/α,β-unsaturated/α-hetero) is 3. The van der Waals surface area contributed by atoms with E-state index < -0.39 is 34.1 Å². The molecule has 4 aromatic rings. The number of ketones is 3. The minimum absolute atomic E-state index is 0.156. The smallest absolute Gasteiger partial charge is 0.269 e. The van der Waals surface area contributed by atoms with Crippen molar-refractivity contribution in [3.63, 3.8) is 0 Å². The van der Waals surface area contributed by atoms with Crippen LogP contribution in [0.15, 0.2) is 97.1 Å². The number of nitrogens with zero attached hydrogens (tertiary/aromatic N) is 2. The third-order valence-corrected chi connectivity index (χ3v) is 9.12. The maximum Gasteiger partial charge on any atom is 0.269 e. The first-order chi connectivity index (χ1) is 21.3. The first-order valence-electron chi connectivity index (χ1n) is 14.1. The molecule has 0 amide bonds. The molecule has 4 aromatic carbocycles. The van der Waals surface area contributed by atoms with Crippen molar-refractivity contribution in [3.8, 4) is 11.5 Å². The average Bonchev–Trinajstić information content (AvgIpc) is 3.50. The summed E-state index contributed by atoms with van der Waals surface area (Å²) in [6, 6.07) is 22.9. The third kappa shape index (κ3) is 3.62. The van der Waals surface area contributed by atoms with Crippen molar-refractivity contribution in [2.24, 2.45) is 5.41 Å². The molecule has 1 saturated heterocycles. The zero-order valence-electron chi connectivity index (χ0n) is 23.8. The van der Waals surface area contributed by atoms with E-state index in [1.807, 2.05) is 41.3 Å². The Labute approximate surface area is 252 Å². The number of rotatable bonds is 6. The van der Waals surface area contributed by atoms with E-state index in [0.29, 0.717) is 33.9 Å². The van der Waals surface area contributed by atoms with E-state index in [1.54, 1.807) is 42.5 Å². The summed E-state index contributed by atoms with van der Waals surface area (Å²) in [7, 11) is 3.01. The molecule has 1 fully saturated rings. The largest absolute Gasteiger partial charge is 0.497 e. The predicted molar refractivity (Wildman–Crippen MR) is 163 cm³/mol. The molecule has 0 bridgehead atoms. The second-order valence-electron chi connectivity index (χ2n) is 11.0.